The molecule has 1 aliphatic heterocycles. The van der Waals surface area contributed by atoms with Gasteiger partial charge in [-0.3, -0.25) is 9.69 Å². The van der Waals surface area contributed by atoms with Crippen molar-refractivity contribution in [1.29, 1.82) is 0 Å². The highest BCUT2D eigenvalue weighted by molar-refractivity contribution is 6.04. The molecule has 1 fully saturated rings. The number of amides is 1. The first-order valence-electron chi connectivity index (χ1n) is 8.59. The number of rotatable bonds is 4. The van der Waals surface area contributed by atoms with Crippen molar-refractivity contribution in [2.75, 3.05) is 18.4 Å². The topological polar surface area (TPSA) is 32.3 Å². The van der Waals surface area contributed by atoms with Crippen molar-refractivity contribution in [1.82, 2.24) is 4.90 Å². The first-order valence-corrected chi connectivity index (χ1v) is 8.59. The quantitative estimate of drug-likeness (QED) is 0.889. The minimum absolute atomic E-state index is 0.232. The van der Waals surface area contributed by atoms with Crippen LogP contribution in [0.3, 0.4) is 0 Å². The summed E-state index contributed by atoms with van der Waals surface area (Å²) in [5.74, 6) is -1.53. The van der Waals surface area contributed by atoms with Crippen LogP contribution in [0.2, 0.25) is 0 Å². The molecule has 3 nitrogen and oxygen atoms in total. The lowest BCUT2D eigenvalue weighted by Crippen LogP contribution is -2.33. The fourth-order valence-electron chi connectivity index (χ4n) is 3.23. The van der Waals surface area contributed by atoms with E-state index in [0.29, 0.717) is 5.56 Å². The number of piperidine rings is 1. The Morgan fingerprint density at radius 1 is 1.16 bits per heavy atom. The van der Waals surface area contributed by atoms with Crippen molar-refractivity contribution in [2.24, 2.45) is 5.92 Å². The van der Waals surface area contributed by atoms with Gasteiger partial charge in [-0.25, -0.2) is 8.78 Å². The minimum Gasteiger partial charge on any atom is -0.322 e. The molecule has 132 valence electrons. The maximum Gasteiger partial charge on any atom is 0.255 e. The third-order valence-electron chi connectivity index (χ3n) is 4.54. The van der Waals surface area contributed by atoms with Crippen molar-refractivity contribution in [3.05, 3.63) is 65.2 Å². The average molecular weight is 344 g/mol. The van der Waals surface area contributed by atoms with Crippen LogP contribution in [0.15, 0.2) is 42.5 Å². The van der Waals surface area contributed by atoms with Crippen LogP contribution in [0, 0.1) is 17.6 Å². The predicted molar refractivity (Wildman–Crippen MR) is 94.4 cm³/mol. The predicted octanol–water partition coefficient (Wildman–Crippen LogP) is 4.45. The molecule has 0 bridgehead atoms. The van der Waals surface area contributed by atoms with Crippen LogP contribution in [0.5, 0.6) is 0 Å². The number of carbonyl (C=O) groups is 1. The van der Waals surface area contributed by atoms with Crippen LogP contribution in [0.25, 0.3) is 0 Å². The summed E-state index contributed by atoms with van der Waals surface area (Å²) < 4.78 is 26.1. The van der Waals surface area contributed by atoms with Crippen LogP contribution >= 0.6 is 0 Å². The first-order chi connectivity index (χ1) is 12.0. The van der Waals surface area contributed by atoms with Gasteiger partial charge >= 0.3 is 0 Å². The Morgan fingerprint density at radius 2 is 1.92 bits per heavy atom. The molecular formula is C20H22F2N2O. The van der Waals surface area contributed by atoms with Crippen LogP contribution < -0.4 is 5.32 Å². The van der Waals surface area contributed by atoms with E-state index in [4.69, 9.17) is 0 Å². The van der Waals surface area contributed by atoms with Crippen molar-refractivity contribution >= 4 is 11.6 Å². The molecule has 3 rings (SSSR count). The zero-order valence-electron chi connectivity index (χ0n) is 14.3. The summed E-state index contributed by atoms with van der Waals surface area (Å²) in [7, 11) is 0. The van der Waals surface area contributed by atoms with E-state index in [1.165, 1.54) is 24.5 Å². The summed E-state index contributed by atoms with van der Waals surface area (Å²) in [5.41, 5.74) is 1.88. The average Bonchev–Trinajstić information content (AvgIpc) is 2.59. The van der Waals surface area contributed by atoms with E-state index in [9.17, 15) is 13.6 Å². The minimum atomic E-state index is -0.982. The van der Waals surface area contributed by atoms with E-state index in [0.717, 1.165) is 37.7 Å². The van der Waals surface area contributed by atoms with Gasteiger partial charge in [0.15, 0.2) is 11.6 Å². The molecule has 1 amide bonds. The third-order valence-corrected chi connectivity index (χ3v) is 4.54. The van der Waals surface area contributed by atoms with Crippen LogP contribution in [-0.4, -0.2) is 23.9 Å². The fourth-order valence-corrected chi connectivity index (χ4v) is 3.23. The molecule has 25 heavy (non-hydrogen) atoms. The molecule has 1 saturated heterocycles. The van der Waals surface area contributed by atoms with Gasteiger partial charge < -0.3 is 5.32 Å². The smallest absolute Gasteiger partial charge is 0.255 e. The maximum absolute atomic E-state index is 13.2. The highest BCUT2D eigenvalue weighted by atomic mass is 19.2. The van der Waals surface area contributed by atoms with Gasteiger partial charge in [-0.2, -0.15) is 0 Å². The van der Waals surface area contributed by atoms with Gasteiger partial charge in [0.25, 0.3) is 5.91 Å². The second-order valence-corrected chi connectivity index (χ2v) is 6.76. The molecule has 0 aromatic heterocycles. The molecule has 2 aromatic rings. The van der Waals surface area contributed by atoms with E-state index >= 15 is 0 Å². The van der Waals surface area contributed by atoms with Crippen molar-refractivity contribution in [3.63, 3.8) is 0 Å². The standard InChI is InChI=1S/C20H22F2N2O/c1-14-3-2-10-24(12-14)13-15-4-6-16(7-5-15)20(25)23-17-8-9-18(21)19(22)11-17/h4-9,11,14H,2-3,10,12-13H2,1H3,(H,23,25)/t14-/m0/s1. The van der Waals surface area contributed by atoms with Gasteiger partial charge in [0.05, 0.1) is 0 Å². The molecule has 1 heterocycles. The second-order valence-electron chi connectivity index (χ2n) is 6.76. The Balaban J connectivity index is 1.61. The normalized spacial score (nSPS) is 18.1. The van der Waals surface area contributed by atoms with Gasteiger partial charge in [-0.15, -0.1) is 0 Å². The molecule has 0 saturated carbocycles. The molecule has 2 aromatic carbocycles. The van der Waals surface area contributed by atoms with Crippen molar-refractivity contribution in [3.8, 4) is 0 Å². The molecule has 1 N–H and O–H groups in total. The van der Waals surface area contributed by atoms with Gasteiger partial charge in [0, 0.05) is 30.4 Å². The van der Waals surface area contributed by atoms with Crippen molar-refractivity contribution < 1.29 is 13.6 Å². The number of nitrogens with zero attached hydrogens (tertiary/aromatic N) is 1. The monoisotopic (exact) mass is 344 g/mol. The van der Waals surface area contributed by atoms with Gasteiger partial charge in [0.2, 0.25) is 0 Å². The Bertz CT molecular complexity index is 746. The molecular weight excluding hydrogens is 322 g/mol. The Labute approximate surface area is 146 Å². The first kappa shape index (κ1) is 17.5. The van der Waals surface area contributed by atoms with E-state index in [-0.39, 0.29) is 11.6 Å². The molecule has 5 heteroatoms. The summed E-state index contributed by atoms with van der Waals surface area (Å²) >= 11 is 0. The zero-order valence-corrected chi connectivity index (χ0v) is 14.3. The van der Waals surface area contributed by atoms with Gasteiger partial charge in [-0.1, -0.05) is 19.1 Å². The van der Waals surface area contributed by atoms with Crippen LogP contribution in [0.4, 0.5) is 14.5 Å². The number of likely N-dealkylation sites (tertiary alicyclic amines) is 1. The molecule has 1 atom stereocenters. The van der Waals surface area contributed by atoms with Crippen LogP contribution in [-0.2, 0) is 6.54 Å². The Kier molecular flexibility index (Phi) is 5.43. The molecule has 1 aliphatic rings. The summed E-state index contributed by atoms with van der Waals surface area (Å²) in [5, 5.41) is 2.58. The molecule has 0 unspecified atom stereocenters. The van der Waals surface area contributed by atoms with Crippen LogP contribution in [0.1, 0.15) is 35.7 Å². The molecule has 0 radical (unpaired) electrons. The SMILES string of the molecule is C[C@H]1CCCN(Cc2ccc(C(=O)Nc3ccc(F)c(F)c3)cc2)C1. The lowest BCUT2D eigenvalue weighted by Gasteiger charge is -2.30. The number of anilines is 1. The number of hydrogen-bond donors (Lipinski definition) is 1. The number of benzene rings is 2. The van der Waals surface area contributed by atoms with Crippen molar-refractivity contribution in [2.45, 2.75) is 26.3 Å². The number of hydrogen-bond acceptors (Lipinski definition) is 2. The summed E-state index contributed by atoms with van der Waals surface area (Å²) in [6.07, 6.45) is 2.52. The number of halogens is 2. The summed E-state index contributed by atoms with van der Waals surface area (Å²) in [6, 6.07) is 10.7. The third kappa shape index (κ3) is 4.63. The summed E-state index contributed by atoms with van der Waals surface area (Å²) in [6.45, 7) is 5.38. The van der Waals surface area contributed by atoms with E-state index < -0.39 is 11.6 Å². The largest absolute Gasteiger partial charge is 0.322 e. The summed E-state index contributed by atoms with van der Waals surface area (Å²) in [4.78, 5) is 14.7. The molecule has 0 spiro atoms. The lowest BCUT2D eigenvalue weighted by molar-refractivity contribution is 0.102. The van der Waals surface area contributed by atoms with E-state index in [2.05, 4.69) is 17.1 Å². The Morgan fingerprint density at radius 3 is 2.60 bits per heavy atom. The fraction of sp³-hybridized carbons (Fsp3) is 0.350. The second kappa shape index (κ2) is 7.74. The number of carbonyl (C=O) groups excluding carboxylic acids is 1. The van der Waals surface area contributed by atoms with E-state index in [1.54, 1.807) is 12.1 Å². The zero-order chi connectivity index (χ0) is 17.8. The Hall–Kier alpha value is -2.27. The van der Waals surface area contributed by atoms with E-state index in [1.807, 2.05) is 12.1 Å². The highest BCUT2D eigenvalue weighted by Crippen LogP contribution is 2.19. The number of nitrogens with one attached hydrogen (secondary N) is 1. The van der Waals surface area contributed by atoms with Gasteiger partial charge in [0.1, 0.15) is 0 Å². The highest BCUT2D eigenvalue weighted by Gasteiger charge is 2.16. The lowest BCUT2D eigenvalue weighted by atomic mass is 9.99. The maximum atomic E-state index is 13.2. The molecule has 0 aliphatic carbocycles. The van der Waals surface area contributed by atoms with Gasteiger partial charge in [-0.05, 0) is 55.1 Å².